The Hall–Kier alpha value is -1.32. The van der Waals surface area contributed by atoms with E-state index in [4.69, 9.17) is 0 Å². The van der Waals surface area contributed by atoms with Crippen LogP contribution in [0, 0.1) is 0 Å². The van der Waals surface area contributed by atoms with Crippen LogP contribution in [0.15, 0.2) is 25.0 Å². The summed E-state index contributed by atoms with van der Waals surface area (Å²) in [6.07, 6.45) is -2.18. The van der Waals surface area contributed by atoms with Gasteiger partial charge in [-0.05, 0) is 24.1 Å². The van der Waals surface area contributed by atoms with Crippen molar-refractivity contribution < 1.29 is 13.2 Å². The SMILES string of the molecule is C=C(C)c1cncc(C(F)(F)F)c1. The van der Waals surface area contributed by atoms with Crippen molar-refractivity contribution in [3.8, 4) is 0 Å². The second-order valence-electron chi connectivity index (χ2n) is 2.74. The molecule has 1 heterocycles. The maximum absolute atomic E-state index is 12.2. The van der Waals surface area contributed by atoms with Gasteiger partial charge < -0.3 is 0 Å². The number of alkyl halides is 3. The third-order valence-corrected chi connectivity index (χ3v) is 1.56. The van der Waals surface area contributed by atoms with Crippen LogP contribution in [0.25, 0.3) is 5.57 Å². The number of rotatable bonds is 1. The normalized spacial score (nSPS) is 11.4. The number of hydrogen-bond donors (Lipinski definition) is 0. The van der Waals surface area contributed by atoms with Crippen LogP contribution >= 0.6 is 0 Å². The maximum Gasteiger partial charge on any atom is 0.417 e. The van der Waals surface area contributed by atoms with Crippen LogP contribution in [-0.2, 0) is 6.18 Å². The first kappa shape index (κ1) is 9.77. The smallest absolute Gasteiger partial charge is 0.263 e. The van der Waals surface area contributed by atoms with Crippen molar-refractivity contribution in [3.05, 3.63) is 36.2 Å². The van der Waals surface area contributed by atoms with Gasteiger partial charge in [-0.25, -0.2) is 0 Å². The molecule has 0 N–H and O–H groups in total. The molecule has 0 saturated heterocycles. The zero-order valence-electron chi connectivity index (χ0n) is 7.02. The molecule has 0 amide bonds. The largest absolute Gasteiger partial charge is 0.417 e. The van der Waals surface area contributed by atoms with Gasteiger partial charge in [0.25, 0.3) is 0 Å². The minimum absolute atomic E-state index is 0.412. The van der Waals surface area contributed by atoms with Crippen molar-refractivity contribution in [2.75, 3.05) is 0 Å². The second kappa shape index (κ2) is 3.20. The fourth-order valence-corrected chi connectivity index (χ4v) is 0.828. The second-order valence-corrected chi connectivity index (χ2v) is 2.74. The summed E-state index contributed by atoms with van der Waals surface area (Å²) in [5.41, 5.74) is 0.237. The molecule has 1 nitrogen and oxygen atoms in total. The van der Waals surface area contributed by atoms with Gasteiger partial charge >= 0.3 is 6.18 Å². The fourth-order valence-electron chi connectivity index (χ4n) is 0.828. The maximum atomic E-state index is 12.2. The molecule has 0 fully saturated rings. The van der Waals surface area contributed by atoms with Gasteiger partial charge in [0, 0.05) is 12.4 Å². The number of pyridine rings is 1. The van der Waals surface area contributed by atoms with Gasteiger partial charge in [0.05, 0.1) is 5.56 Å². The quantitative estimate of drug-likeness (QED) is 0.658. The Labute approximate surface area is 73.9 Å². The Morgan fingerprint density at radius 3 is 2.46 bits per heavy atom. The molecule has 0 saturated carbocycles. The summed E-state index contributed by atoms with van der Waals surface area (Å²) in [6.45, 7) is 5.18. The van der Waals surface area contributed by atoms with Gasteiger partial charge in [-0.1, -0.05) is 6.58 Å². The summed E-state index contributed by atoms with van der Waals surface area (Å²) in [5.74, 6) is 0. The molecule has 0 unspecified atom stereocenters. The first-order chi connectivity index (χ1) is 5.91. The van der Waals surface area contributed by atoms with Crippen molar-refractivity contribution in [1.82, 2.24) is 4.98 Å². The van der Waals surface area contributed by atoms with Crippen LogP contribution in [0.4, 0.5) is 13.2 Å². The van der Waals surface area contributed by atoms with Crippen LogP contribution in [0.3, 0.4) is 0 Å². The van der Waals surface area contributed by atoms with Gasteiger partial charge in [0.2, 0.25) is 0 Å². The molecule has 0 spiro atoms. The van der Waals surface area contributed by atoms with Crippen molar-refractivity contribution in [2.24, 2.45) is 0 Å². The van der Waals surface area contributed by atoms with E-state index in [9.17, 15) is 13.2 Å². The zero-order chi connectivity index (χ0) is 10.1. The number of halogens is 3. The van der Waals surface area contributed by atoms with Gasteiger partial charge in [0.1, 0.15) is 0 Å². The van der Waals surface area contributed by atoms with E-state index in [0.29, 0.717) is 11.1 Å². The topological polar surface area (TPSA) is 12.9 Å². The molecule has 0 radical (unpaired) electrons. The van der Waals surface area contributed by atoms with Crippen LogP contribution in [0.5, 0.6) is 0 Å². The molecule has 0 aliphatic heterocycles. The third-order valence-electron chi connectivity index (χ3n) is 1.56. The molecular weight excluding hydrogens is 179 g/mol. The highest BCUT2D eigenvalue weighted by molar-refractivity contribution is 5.60. The summed E-state index contributed by atoms with van der Waals surface area (Å²) in [5, 5.41) is 0. The predicted octanol–water partition coefficient (Wildman–Crippen LogP) is 3.13. The summed E-state index contributed by atoms with van der Waals surface area (Å²) < 4.78 is 36.5. The van der Waals surface area contributed by atoms with E-state index >= 15 is 0 Å². The van der Waals surface area contributed by atoms with Gasteiger partial charge in [-0.2, -0.15) is 13.2 Å². The summed E-state index contributed by atoms with van der Waals surface area (Å²) in [4.78, 5) is 3.49. The minimum Gasteiger partial charge on any atom is -0.263 e. The lowest BCUT2D eigenvalue weighted by Gasteiger charge is -2.07. The number of hydrogen-bond acceptors (Lipinski definition) is 1. The standard InChI is InChI=1S/C9H8F3N/c1-6(2)7-3-8(5-13-4-7)9(10,11)12/h3-5H,1H2,2H3. The van der Waals surface area contributed by atoms with E-state index in [1.54, 1.807) is 6.92 Å². The first-order valence-electron chi connectivity index (χ1n) is 3.59. The lowest BCUT2D eigenvalue weighted by atomic mass is 10.1. The molecule has 13 heavy (non-hydrogen) atoms. The summed E-state index contributed by atoms with van der Waals surface area (Å²) >= 11 is 0. The van der Waals surface area contributed by atoms with Crippen LogP contribution in [-0.4, -0.2) is 4.98 Å². The number of aromatic nitrogens is 1. The van der Waals surface area contributed by atoms with E-state index in [1.807, 2.05) is 0 Å². The highest BCUT2D eigenvalue weighted by atomic mass is 19.4. The predicted molar refractivity (Wildman–Crippen MR) is 43.9 cm³/mol. The molecule has 0 aliphatic rings. The van der Waals surface area contributed by atoms with Crippen LogP contribution < -0.4 is 0 Å². The Bertz CT molecular complexity index is 328. The zero-order valence-corrected chi connectivity index (χ0v) is 7.02. The highest BCUT2D eigenvalue weighted by Gasteiger charge is 2.30. The Kier molecular flexibility index (Phi) is 2.40. The first-order valence-corrected chi connectivity index (χ1v) is 3.59. The highest BCUT2D eigenvalue weighted by Crippen LogP contribution is 2.29. The van der Waals surface area contributed by atoms with Crippen LogP contribution in [0.2, 0.25) is 0 Å². The lowest BCUT2D eigenvalue weighted by molar-refractivity contribution is -0.137. The number of nitrogens with zero attached hydrogens (tertiary/aromatic N) is 1. The molecule has 1 rings (SSSR count). The van der Waals surface area contributed by atoms with Crippen molar-refractivity contribution in [2.45, 2.75) is 13.1 Å². The Morgan fingerprint density at radius 2 is 2.00 bits per heavy atom. The molecule has 70 valence electrons. The van der Waals surface area contributed by atoms with Crippen molar-refractivity contribution in [1.29, 1.82) is 0 Å². The Balaban J connectivity index is 3.13. The van der Waals surface area contributed by atoms with E-state index < -0.39 is 11.7 Å². The van der Waals surface area contributed by atoms with E-state index in [1.165, 1.54) is 6.20 Å². The molecule has 0 atom stereocenters. The van der Waals surface area contributed by atoms with E-state index in [-0.39, 0.29) is 0 Å². The lowest BCUT2D eigenvalue weighted by Crippen LogP contribution is -2.05. The molecule has 0 aromatic carbocycles. The number of allylic oxidation sites excluding steroid dienone is 1. The average Bonchev–Trinajstić information content (AvgIpc) is 2.03. The van der Waals surface area contributed by atoms with Gasteiger partial charge in [-0.15, -0.1) is 0 Å². The Morgan fingerprint density at radius 1 is 1.38 bits per heavy atom. The van der Waals surface area contributed by atoms with Crippen molar-refractivity contribution in [3.63, 3.8) is 0 Å². The summed E-state index contributed by atoms with van der Waals surface area (Å²) in [7, 11) is 0. The summed E-state index contributed by atoms with van der Waals surface area (Å²) in [6, 6.07) is 1.04. The van der Waals surface area contributed by atoms with E-state index in [2.05, 4.69) is 11.6 Å². The molecule has 0 aliphatic carbocycles. The van der Waals surface area contributed by atoms with Gasteiger partial charge in [0.15, 0.2) is 0 Å². The molecule has 0 bridgehead atoms. The molecule has 4 heteroatoms. The molecule has 1 aromatic heterocycles. The van der Waals surface area contributed by atoms with Crippen LogP contribution in [0.1, 0.15) is 18.1 Å². The van der Waals surface area contributed by atoms with E-state index in [0.717, 1.165) is 12.3 Å². The third kappa shape index (κ3) is 2.31. The fraction of sp³-hybridized carbons (Fsp3) is 0.222. The molecule has 1 aromatic rings. The average molecular weight is 187 g/mol. The minimum atomic E-state index is -4.33. The van der Waals surface area contributed by atoms with Gasteiger partial charge in [-0.3, -0.25) is 4.98 Å². The molecular formula is C9H8F3N. The monoisotopic (exact) mass is 187 g/mol. The van der Waals surface area contributed by atoms with Crippen molar-refractivity contribution >= 4 is 5.57 Å².